The van der Waals surface area contributed by atoms with Gasteiger partial charge in [-0.3, -0.25) is 9.52 Å². The van der Waals surface area contributed by atoms with Crippen molar-refractivity contribution >= 4 is 62.1 Å². The average molecular weight is 394 g/mol. The minimum Gasteiger partial charge on any atom is -0.322 e. The van der Waals surface area contributed by atoms with E-state index < -0.39 is 15.9 Å². The van der Waals surface area contributed by atoms with Crippen LogP contribution in [0, 0.1) is 0 Å². The molecule has 2 aromatic rings. The van der Waals surface area contributed by atoms with E-state index in [1.54, 1.807) is 12.1 Å². The molecule has 9 heteroatoms. The van der Waals surface area contributed by atoms with Gasteiger partial charge in [-0.15, -0.1) is 0 Å². The SMILES string of the molecule is CS(=O)(=O)Nc1ccc(C(=O)Nc2cc(Cl)cc(Cl)c2)c(Cl)c1. The Morgan fingerprint density at radius 3 is 2.09 bits per heavy atom. The summed E-state index contributed by atoms with van der Waals surface area (Å²) in [7, 11) is -3.42. The maximum atomic E-state index is 12.2. The Morgan fingerprint density at radius 1 is 0.957 bits per heavy atom. The van der Waals surface area contributed by atoms with Gasteiger partial charge in [0.1, 0.15) is 0 Å². The average Bonchev–Trinajstić information content (AvgIpc) is 2.34. The summed E-state index contributed by atoms with van der Waals surface area (Å²) >= 11 is 17.8. The summed E-state index contributed by atoms with van der Waals surface area (Å²) in [6.45, 7) is 0. The van der Waals surface area contributed by atoms with Gasteiger partial charge in [-0.05, 0) is 36.4 Å². The van der Waals surface area contributed by atoms with E-state index in [9.17, 15) is 13.2 Å². The maximum absolute atomic E-state index is 12.2. The van der Waals surface area contributed by atoms with Crippen LogP contribution in [0.1, 0.15) is 10.4 Å². The Balaban J connectivity index is 2.22. The van der Waals surface area contributed by atoms with Gasteiger partial charge < -0.3 is 5.32 Å². The van der Waals surface area contributed by atoms with Crippen LogP contribution in [0.25, 0.3) is 0 Å². The summed E-state index contributed by atoms with van der Waals surface area (Å²) < 4.78 is 24.6. The van der Waals surface area contributed by atoms with Crippen LogP contribution in [0.15, 0.2) is 36.4 Å². The Hall–Kier alpha value is -1.47. The van der Waals surface area contributed by atoms with Crippen molar-refractivity contribution in [3.05, 3.63) is 57.0 Å². The fourth-order valence-corrected chi connectivity index (χ4v) is 3.15. The molecule has 0 radical (unpaired) electrons. The third-order valence-electron chi connectivity index (χ3n) is 2.64. The van der Waals surface area contributed by atoms with Crippen molar-refractivity contribution in [2.24, 2.45) is 0 Å². The van der Waals surface area contributed by atoms with Gasteiger partial charge in [-0.25, -0.2) is 8.42 Å². The summed E-state index contributed by atoms with van der Waals surface area (Å²) in [6, 6.07) is 8.82. The standard InChI is InChI=1S/C14H11Cl3N2O3S/c1-23(21,22)19-10-2-3-12(13(17)7-10)14(20)18-11-5-8(15)4-9(16)6-11/h2-7,19H,1H3,(H,18,20). The van der Waals surface area contributed by atoms with Crippen LogP contribution in [0.3, 0.4) is 0 Å². The summed E-state index contributed by atoms with van der Waals surface area (Å²) in [5.41, 5.74) is 0.864. The second-order valence-corrected chi connectivity index (χ2v) is 7.71. The molecule has 2 aromatic carbocycles. The van der Waals surface area contributed by atoms with Crippen LogP contribution < -0.4 is 10.0 Å². The number of carbonyl (C=O) groups is 1. The van der Waals surface area contributed by atoms with Crippen molar-refractivity contribution in [2.75, 3.05) is 16.3 Å². The number of hydrogen-bond donors (Lipinski definition) is 2. The summed E-state index contributed by atoms with van der Waals surface area (Å²) in [5.74, 6) is -0.473. The van der Waals surface area contributed by atoms with Gasteiger partial charge in [0.2, 0.25) is 10.0 Å². The highest BCUT2D eigenvalue weighted by Crippen LogP contribution is 2.25. The summed E-state index contributed by atoms with van der Waals surface area (Å²) in [4.78, 5) is 12.2. The molecule has 122 valence electrons. The molecule has 2 rings (SSSR count). The number of benzene rings is 2. The molecule has 0 atom stereocenters. The quantitative estimate of drug-likeness (QED) is 0.814. The van der Waals surface area contributed by atoms with Gasteiger partial charge in [0.05, 0.1) is 16.8 Å². The van der Waals surface area contributed by atoms with E-state index >= 15 is 0 Å². The van der Waals surface area contributed by atoms with Crippen LogP contribution in [0.5, 0.6) is 0 Å². The van der Waals surface area contributed by atoms with E-state index in [0.29, 0.717) is 15.7 Å². The predicted molar refractivity (Wildman–Crippen MR) is 94.3 cm³/mol. The highest BCUT2D eigenvalue weighted by atomic mass is 35.5. The molecule has 0 saturated heterocycles. The molecular formula is C14H11Cl3N2O3S. The highest BCUT2D eigenvalue weighted by Gasteiger charge is 2.13. The monoisotopic (exact) mass is 392 g/mol. The number of hydrogen-bond acceptors (Lipinski definition) is 3. The van der Waals surface area contributed by atoms with E-state index in [2.05, 4.69) is 10.0 Å². The molecule has 0 fully saturated rings. The van der Waals surface area contributed by atoms with Crippen molar-refractivity contribution in [1.29, 1.82) is 0 Å². The molecule has 0 spiro atoms. The molecule has 0 aromatic heterocycles. The lowest BCUT2D eigenvalue weighted by Crippen LogP contribution is -2.13. The number of rotatable bonds is 4. The minimum absolute atomic E-state index is 0.101. The molecule has 0 heterocycles. The van der Waals surface area contributed by atoms with Crippen molar-refractivity contribution in [3.8, 4) is 0 Å². The van der Waals surface area contributed by atoms with Crippen LogP contribution in [0.2, 0.25) is 15.1 Å². The molecule has 2 N–H and O–H groups in total. The van der Waals surface area contributed by atoms with Gasteiger partial charge in [0, 0.05) is 21.4 Å². The van der Waals surface area contributed by atoms with Gasteiger partial charge in [-0.2, -0.15) is 0 Å². The number of anilines is 2. The second-order valence-electron chi connectivity index (χ2n) is 4.68. The molecule has 5 nitrogen and oxygen atoms in total. The van der Waals surface area contributed by atoms with Gasteiger partial charge in [0.25, 0.3) is 5.91 Å². The molecule has 0 unspecified atom stereocenters. The third kappa shape index (κ3) is 5.28. The van der Waals surface area contributed by atoms with E-state index in [-0.39, 0.29) is 16.3 Å². The lowest BCUT2D eigenvalue weighted by molar-refractivity contribution is 0.102. The van der Waals surface area contributed by atoms with Gasteiger partial charge >= 0.3 is 0 Å². The normalized spacial score (nSPS) is 11.1. The fourth-order valence-electron chi connectivity index (χ4n) is 1.80. The Kier molecular flexibility index (Phi) is 5.41. The van der Waals surface area contributed by atoms with Crippen LogP contribution in [0.4, 0.5) is 11.4 Å². The summed E-state index contributed by atoms with van der Waals surface area (Å²) in [6.07, 6.45) is 1.02. The third-order valence-corrected chi connectivity index (χ3v) is 3.99. The lowest BCUT2D eigenvalue weighted by Gasteiger charge is -2.10. The van der Waals surface area contributed by atoms with Crippen LogP contribution in [-0.2, 0) is 10.0 Å². The first-order chi connectivity index (χ1) is 10.6. The first kappa shape index (κ1) is 17.9. The van der Waals surface area contributed by atoms with Gasteiger partial charge in [0.15, 0.2) is 0 Å². The topological polar surface area (TPSA) is 75.3 Å². The molecule has 0 aliphatic rings. The number of halogens is 3. The van der Waals surface area contributed by atoms with Crippen molar-refractivity contribution in [1.82, 2.24) is 0 Å². The zero-order valence-electron chi connectivity index (χ0n) is 11.7. The van der Waals surface area contributed by atoms with Crippen molar-refractivity contribution < 1.29 is 13.2 Å². The first-order valence-electron chi connectivity index (χ1n) is 6.19. The summed E-state index contributed by atoms with van der Waals surface area (Å²) in [5, 5.41) is 3.48. The molecule has 1 amide bonds. The van der Waals surface area contributed by atoms with E-state index in [4.69, 9.17) is 34.8 Å². The van der Waals surface area contributed by atoms with Crippen LogP contribution >= 0.6 is 34.8 Å². The number of carbonyl (C=O) groups excluding carboxylic acids is 1. The fraction of sp³-hybridized carbons (Fsp3) is 0.0714. The van der Waals surface area contributed by atoms with Crippen molar-refractivity contribution in [2.45, 2.75) is 0 Å². The predicted octanol–water partition coefficient (Wildman–Crippen LogP) is 4.27. The molecule has 0 bridgehead atoms. The number of nitrogens with one attached hydrogen (secondary N) is 2. The number of sulfonamides is 1. The highest BCUT2D eigenvalue weighted by molar-refractivity contribution is 7.92. The minimum atomic E-state index is -3.42. The first-order valence-corrected chi connectivity index (χ1v) is 9.21. The van der Waals surface area contributed by atoms with Crippen LogP contribution in [-0.4, -0.2) is 20.6 Å². The molecule has 0 saturated carbocycles. The van der Waals surface area contributed by atoms with Crippen molar-refractivity contribution in [3.63, 3.8) is 0 Å². The second kappa shape index (κ2) is 6.97. The zero-order chi connectivity index (χ0) is 17.2. The van der Waals surface area contributed by atoms with E-state index in [0.717, 1.165) is 6.26 Å². The Bertz CT molecular complexity index is 849. The van der Waals surface area contributed by atoms with Gasteiger partial charge in [-0.1, -0.05) is 34.8 Å². The molecular weight excluding hydrogens is 383 g/mol. The molecule has 0 aliphatic heterocycles. The Labute approximate surface area is 148 Å². The Morgan fingerprint density at radius 2 is 1.57 bits per heavy atom. The number of amides is 1. The molecule has 0 aliphatic carbocycles. The molecule has 23 heavy (non-hydrogen) atoms. The maximum Gasteiger partial charge on any atom is 0.257 e. The van der Waals surface area contributed by atoms with E-state index in [1.807, 2.05) is 0 Å². The lowest BCUT2D eigenvalue weighted by atomic mass is 10.2. The largest absolute Gasteiger partial charge is 0.322 e. The van der Waals surface area contributed by atoms with E-state index in [1.165, 1.54) is 24.3 Å². The zero-order valence-corrected chi connectivity index (χ0v) is 14.8. The smallest absolute Gasteiger partial charge is 0.257 e.